The van der Waals surface area contributed by atoms with Gasteiger partial charge in [-0.05, 0) is 30.3 Å². The summed E-state index contributed by atoms with van der Waals surface area (Å²) in [5, 5.41) is 21.5. The molecule has 0 atom stereocenters. The van der Waals surface area contributed by atoms with Gasteiger partial charge in [0.2, 0.25) is 0 Å². The van der Waals surface area contributed by atoms with Crippen LogP contribution in [0.2, 0.25) is 0 Å². The Labute approximate surface area is 105 Å². The number of carboxylic acids is 1. The van der Waals surface area contributed by atoms with Crippen LogP contribution in [0.3, 0.4) is 0 Å². The molecule has 0 heterocycles. The molecule has 0 spiro atoms. The molecule has 18 heavy (non-hydrogen) atoms. The Balaban J connectivity index is 2.02. The summed E-state index contributed by atoms with van der Waals surface area (Å²) < 4.78 is 0. The van der Waals surface area contributed by atoms with Gasteiger partial charge in [-0.25, -0.2) is 4.79 Å². The van der Waals surface area contributed by atoms with Crippen LogP contribution in [0.5, 0.6) is 5.75 Å². The number of phenolic OH excluding ortho intramolecular Hbond substituents is 1. The molecule has 0 fully saturated rings. The number of anilines is 1. The largest absolute Gasteiger partial charge is 0.508 e. The van der Waals surface area contributed by atoms with Crippen LogP contribution in [-0.4, -0.2) is 16.2 Å². The average Bonchev–Trinajstić information content (AvgIpc) is 2.38. The van der Waals surface area contributed by atoms with Crippen LogP contribution in [0.15, 0.2) is 48.5 Å². The van der Waals surface area contributed by atoms with Crippen molar-refractivity contribution in [3.8, 4) is 5.75 Å². The number of rotatable bonds is 4. The van der Waals surface area contributed by atoms with E-state index in [0.29, 0.717) is 6.54 Å². The summed E-state index contributed by atoms with van der Waals surface area (Å²) in [5.74, 6) is -0.700. The lowest BCUT2D eigenvalue weighted by Gasteiger charge is -2.08. The Morgan fingerprint density at radius 3 is 2.33 bits per heavy atom. The molecule has 0 radical (unpaired) electrons. The molecule has 2 aromatic carbocycles. The van der Waals surface area contributed by atoms with E-state index in [1.807, 2.05) is 12.1 Å². The predicted molar refractivity (Wildman–Crippen MR) is 68.8 cm³/mol. The number of benzene rings is 2. The van der Waals surface area contributed by atoms with Crippen LogP contribution < -0.4 is 5.32 Å². The van der Waals surface area contributed by atoms with E-state index in [1.165, 1.54) is 12.1 Å². The molecule has 0 saturated heterocycles. The van der Waals surface area contributed by atoms with Crippen molar-refractivity contribution in [3.63, 3.8) is 0 Å². The highest BCUT2D eigenvalue weighted by atomic mass is 16.4. The number of hydrogen-bond donors (Lipinski definition) is 3. The SMILES string of the molecule is O=C(O)c1ccc(NCc2ccccc2O)cc1. The topological polar surface area (TPSA) is 69.6 Å². The van der Waals surface area contributed by atoms with Crippen molar-refractivity contribution in [2.75, 3.05) is 5.32 Å². The summed E-state index contributed by atoms with van der Waals surface area (Å²) in [7, 11) is 0. The van der Waals surface area contributed by atoms with Gasteiger partial charge < -0.3 is 15.5 Å². The quantitative estimate of drug-likeness (QED) is 0.772. The first-order valence-electron chi connectivity index (χ1n) is 5.51. The fourth-order valence-electron chi connectivity index (χ4n) is 1.59. The van der Waals surface area contributed by atoms with Gasteiger partial charge in [0, 0.05) is 17.8 Å². The summed E-state index contributed by atoms with van der Waals surface area (Å²) in [6, 6.07) is 13.5. The van der Waals surface area contributed by atoms with Gasteiger partial charge in [0.1, 0.15) is 5.75 Å². The van der Waals surface area contributed by atoms with E-state index in [0.717, 1.165) is 11.3 Å². The Bertz CT molecular complexity index is 549. The second kappa shape index (κ2) is 5.23. The lowest BCUT2D eigenvalue weighted by molar-refractivity contribution is 0.0697. The molecule has 92 valence electrons. The highest BCUT2D eigenvalue weighted by molar-refractivity contribution is 5.87. The number of para-hydroxylation sites is 1. The minimum Gasteiger partial charge on any atom is -0.508 e. The molecule has 0 saturated carbocycles. The first kappa shape index (κ1) is 12.0. The molecular formula is C14H13NO3. The van der Waals surface area contributed by atoms with Crippen LogP contribution in [-0.2, 0) is 6.54 Å². The molecule has 2 rings (SSSR count). The van der Waals surface area contributed by atoms with Gasteiger partial charge in [-0.2, -0.15) is 0 Å². The van der Waals surface area contributed by atoms with E-state index < -0.39 is 5.97 Å². The number of nitrogens with one attached hydrogen (secondary N) is 1. The summed E-state index contributed by atoms with van der Waals surface area (Å²) >= 11 is 0. The van der Waals surface area contributed by atoms with E-state index in [1.54, 1.807) is 24.3 Å². The first-order chi connectivity index (χ1) is 8.66. The fraction of sp³-hybridized carbons (Fsp3) is 0.0714. The number of carboxylic acid groups (broad SMARTS) is 1. The molecular weight excluding hydrogens is 230 g/mol. The van der Waals surface area contributed by atoms with Gasteiger partial charge >= 0.3 is 5.97 Å². The standard InChI is InChI=1S/C14H13NO3/c16-13-4-2-1-3-11(13)9-15-12-7-5-10(6-8-12)14(17)18/h1-8,15-16H,9H2,(H,17,18). The van der Waals surface area contributed by atoms with Crippen molar-refractivity contribution in [1.29, 1.82) is 0 Å². The monoisotopic (exact) mass is 243 g/mol. The van der Waals surface area contributed by atoms with Gasteiger partial charge in [-0.3, -0.25) is 0 Å². The van der Waals surface area contributed by atoms with E-state index in [4.69, 9.17) is 5.11 Å². The van der Waals surface area contributed by atoms with E-state index in [-0.39, 0.29) is 11.3 Å². The van der Waals surface area contributed by atoms with Gasteiger partial charge in [0.15, 0.2) is 0 Å². The zero-order valence-electron chi connectivity index (χ0n) is 9.63. The zero-order valence-corrected chi connectivity index (χ0v) is 9.63. The molecule has 4 nitrogen and oxygen atoms in total. The van der Waals surface area contributed by atoms with Crippen molar-refractivity contribution in [2.24, 2.45) is 0 Å². The van der Waals surface area contributed by atoms with Crippen molar-refractivity contribution in [3.05, 3.63) is 59.7 Å². The van der Waals surface area contributed by atoms with E-state index in [9.17, 15) is 9.90 Å². The number of phenols is 1. The van der Waals surface area contributed by atoms with Gasteiger partial charge in [-0.1, -0.05) is 18.2 Å². The number of aromatic hydroxyl groups is 1. The lowest BCUT2D eigenvalue weighted by atomic mass is 10.2. The predicted octanol–water partition coefficient (Wildman–Crippen LogP) is 2.70. The third-order valence-electron chi connectivity index (χ3n) is 2.61. The van der Waals surface area contributed by atoms with E-state index in [2.05, 4.69) is 5.32 Å². The number of hydrogen-bond acceptors (Lipinski definition) is 3. The molecule has 3 N–H and O–H groups in total. The number of aromatic carboxylic acids is 1. The molecule has 0 bridgehead atoms. The summed E-state index contributed by atoms with van der Waals surface area (Å²) in [6.07, 6.45) is 0. The molecule has 0 amide bonds. The smallest absolute Gasteiger partial charge is 0.335 e. The Kier molecular flexibility index (Phi) is 3.48. The van der Waals surface area contributed by atoms with Gasteiger partial charge in [0.25, 0.3) is 0 Å². The summed E-state index contributed by atoms with van der Waals surface area (Å²) in [6.45, 7) is 0.485. The second-order valence-electron chi connectivity index (χ2n) is 3.86. The molecule has 0 aromatic heterocycles. The van der Waals surface area contributed by atoms with Crippen LogP contribution in [0.4, 0.5) is 5.69 Å². The molecule has 4 heteroatoms. The third kappa shape index (κ3) is 2.79. The summed E-state index contributed by atoms with van der Waals surface area (Å²) in [4.78, 5) is 10.7. The normalized spacial score (nSPS) is 10.0. The highest BCUT2D eigenvalue weighted by Gasteiger charge is 2.02. The molecule has 0 aliphatic carbocycles. The van der Waals surface area contributed by atoms with Crippen LogP contribution in [0.1, 0.15) is 15.9 Å². The molecule has 0 aliphatic rings. The Hall–Kier alpha value is -2.49. The molecule has 0 aliphatic heterocycles. The third-order valence-corrected chi connectivity index (χ3v) is 2.61. The van der Waals surface area contributed by atoms with Crippen molar-refractivity contribution >= 4 is 11.7 Å². The second-order valence-corrected chi connectivity index (χ2v) is 3.86. The zero-order chi connectivity index (χ0) is 13.0. The molecule has 0 unspecified atom stereocenters. The van der Waals surface area contributed by atoms with Crippen molar-refractivity contribution in [1.82, 2.24) is 0 Å². The van der Waals surface area contributed by atoms with Crippen molar-refractivity contribution in [2.45, 2.75) is 6.54 Å². The maximum absolute atomic E-state index is 10.7. The minimum atomic E-state index is -0.942. The van der Waals surface area contributed by atoms with Crippen molar-refractivity contribution < 1.29 is 15.0 Å². The van der Waals surface area contributed by atoms with E-state index >= 15 is 0 Å². The lowest BCUT2D eigenvalue weighted by Crippen LogP contribution is -2.01. The highest BCUT2D eigenvalue weighted by Crippen LogP contribution is 2.17. The first-order valence-corrected chi connectivity index (χ1v) is 5.51. The van der Waals surface area contributed by atoms with Crippen LogP contribution in [0.25, 0.3) is 0 Å². The number of carbonyl (C=O) groups is 1. The summed E-state index contributed by atoms with van der Waals surface area (Å²) in [5.41, 5.74) is 1.85. The van der Waals surface area contributed by atoms with Gasteiger partial charge in [-0.15, -0.1) is 0 Å². The Morgan fingerprint density at radius 2 is 1.72 bits per heavy atom. The maximum Gasteiger partial charge on any atom is 0.335 e. The van der Waals surface area contributed by atoms with Crippen LogP contribution in [0, 0.1) is 0 Å². The fourth-order valence-corrected chi connectivity index (χ4v) is 1.59. The van der Waals surface area contributed by atoms with Gasteiger partial charge in [0.05, 0.1) is 5.56 Å². The Morgan fingerprint density at radius 1 is 1.06 bits per heavy atom. The maximum atomic E-state index is 10.7. The molecule has 2 aromatic rings. The average molecular weight is 243 g/mol. The van der Waals surface area contributed by atoms with Crippen LogP contribution >= 0.6 is 0 Å². The minimum absolute atomic E-state index is 0.243.